The van der Waals surface area contributed by atoms with Crippen LogP contribution in [0.3, 0.4) is 0 Å². The third kappa shape index (κ3) is 3.58. The highest BCUT2D eigenvalue weighted by atomic mass is 19.4. The summed E-state index contributed by atoms with van der Waals surface area (Å²) in [6.45, 7) is 0. The van der Waals surface area contributed by atoms with Crippen molar-refractivity contribution in [2.45, 2.75) is 18.0 Å². The maximum Gasteiger partial charge on any atom is 0.430 e. The highest BCUT2D eigenvalue weighted by Crippen LogP contribution is 2.53. The number of hydrogen-bond donors (Lipinski definition) is 2. The maximum atomic E-state index is 13.4. The first-order valence-electron chi connectivity index (χ1n) is 8.31. The molecule has 0 aromatic heterocycles. The average molecular weight is 431 g/mol. The van der Waals surface area contributed by atoms with Gasteiger partial charge in [-0.1, -0.05) is 36.4 Å². The number of anilines is 1. The van der Waals surface area contributed by atoms with Gasteiger partial charge in [0.25, 0.3) is 11.5 Å². The van der Waals surface area contributed by atoms with Crippen LogP contribution in [0.5, 0.6) is 0 Å². The summed E-state index contributed by atoms with van der Waals surface area (Å²) >= 11 is 0. The van der Waals surface area contributed by atoms with E-state index in [1.807, 2.05) is 5.32 Å². The second-order valence-corrected chi connectivity index (χ2v) is 6.38. The Kier molecular flexibility index (Phi) is 5.23. The normalized spacial score (nSPS) is 12.8. The fraction of sp³-hybridized carbons (Fsp3) is 0.150. The lowest BCUT2D eigenvalue weighted by Gasteiger charge is -2.34. The molecular weight excluding hydrogens is 419 g/mol. The zero-order valence-electron chi connectivity index (χ0n) is 14.8. The molecule has 0 spiro atoms. The molecule has 0 bridgehead atoms. The minimum Gasteiger partial charge on any atom is -0.369 e. The average Bonchev–Trinajstić information content (AvgIpc) is 2.66. The summed E-state index contributed by atoms with van der Waals surface area (Å²) in [7, 11) is 0. The number of hydrogen-bond acceptors (Lipinski definition) is 2. The van der Waals surface area contributed by atoms with Crippen molar-refractivity contribution in [3.8, 4) is 0 Å². The largest absolute Gasteiger partial charge is 0.430 e. The summed E-state index contributed by atoms with van der Waals surface area (Å²) in [4.78, 5) is 12.5. The first kappa shape index (κ1) is 21.6. The SMILES string of the molecule is O=C(Nc1c(C(O)(C(F)(F)F)C(F)(F)F)ccc2ccccc12)c1ccc(F)cc1. The monoisotopic (exact) mass is 431 g/mol. The number of carbonyl (C=O) groups is 1. The zero-order valence-corrected chi connectivity index (χ0v) is 14.8. The van der Waals surface area contributed by atoms with E-state index >= 15 is 0 Å². The summed E-state index contributed by atoms with van der Waals surface area (Å²) in [6, 6.07) is 10.7. The molecule has 2 N–H and O–H groups in total. The predicted octanol–water partition coefficient (Wildman–Crippen LogP) is 5.54. The molecule has 3 rings (SSSR count). The van der Waals surface area contributed by atoms with Crippen LogP contribution in [0, 0.1) is 5.82 Å². The Balaban J connectivity index is 2.26. The van der Waals surface area contributed by atoms with Gasteiger partial charge in [0.05, 0.1) is 5.69 Å². The number of alkyl halides is 6. The third-order valence-corrected chi connectivity index (χ3v) is 4.48. The molecule has 30 heavy (non-hydrogen) atoms. The van der Waals surface area contributed by atoms with Gasteiger partial charge in [-0.25, -0.2) is 4.39 Å². The van der Waals surface area contributed by atoms with Gasteiger partial charge in [-0.05, 0) is 29.7 Å². The number of amides is 1. The maximum absolute atomic E-state index is 13.4. The van der Waals surface area contributed by atoms with Crippen molar-refractivity contribution < 1.29 is 40.6 Å². The van der Waals surface area contributed by atoms with Crippen LogP contribution in [0.15, 0.2) is 60.7 Å². The minimum atomic E-state index is -6.14. The van der Waals surface area contributed by atoms with Crippen LogP contribution in [0.25, 0.3) is 10.8 Å². The fourth-order valence-electron chi connectivity index (χ4n) is 2.96. The summed E-state index contributed by atoms with van der Waals surface area (Å²) in [5, 5.41) is 12.0. The van der Waals surface area contributed by atoms with Crippen LogP contribution >= 0.6 is 0 Å². The molecule has 0 unspecified atom stereocenters. The molecule has 0 atom stereocenters. The second-order valence-electron chi connectivity index (χ2n) is 6.38. The number of rotatable bonds is 3. The van der Waals surface area contributed by atoms with Crippen LogP contribution < -0.4 is 5.32 Å². The van der Waals surface area contributed by atoms with E-state index in [1.165, 1.54) is 24.3 Å². The van der Waals surface area contributed by atoms with Gasteiger partial charge in [0.15, 0.2) is 0 Å². The molecule has 158 valence electrons. The fourth-order valence-corrected chi connectivity index (χ4v) is 2.96. The van der Waals surface area contributed by atoms with Gasteiger partial charge in [-0.2, -0.15) is 26.3 Å². The van der Waals surface area contributed by atoms with E-state index in [1.54, 1.807) is 0 Å². The molecule has 1 amide bonds. The van der Waals surface area contributed by atoms with Gasteiger partial charge in [0.2, 0.25) is 0 Å². The van der Waals surface area contributed by atoms with E-state index in [0.29, 0.717) is 6.07 Å². The summed E-state index contributed by atoms with van der Waals surface area (Å²) in [5.74, 6) is -1.78. The number of aliphatic hydroxyl groups is 1. The second kappa shape index (κ2) is 7.28. The lowest BCUT2D eigenvalue weighted by Crippen LogP contribution is -2.54. The van der Waals surface area contributed by atoms with Gasteiger partial charge in [-0.3, -0.25) is 4.79 Å². The number of carbonyl (C=O) groups excluding carboxylic acids is 1. The van der Waals surface area contributed by atoms with E-state index in [4.69, 9.17) is 0 Å². The molecule has 0 aliphatic rings. The molecule has 0 heterocycles. The van der Waals surface area contributed by atoms with Crippen LogP contribution in [-0.2, 0) is 5.60 Å². The number of nitrogens with one attached hydrogen (secondary N) is 1. The smallest absolute Gasteiger partial charge is 0.369 e. The Morgan fingerprint density at radius 3 is 1.93 bits per heavy atom. The number of fused-ring (bicyclic) bond motifs is 1. The Bertz CT molecular complexity index is 1070. The zero-order chi connectivity index (χ0) is 22.3. The predicted molar refractivity (Wildman–Crippen MR) is 94.3 cm³/mol. The molecule has 3 aromatic rings. The van der Waals surface area contributed by atoms with Crippen molar-refractivity contribution in [3.63, 3.8) is 0 Å². The Labute approximate surface area is 164 Å². The van der Waals surface area contributed by atoms with Crippen molar-refractivity contribution in [1.82, 2.24) is 0 Å². The summed E-state index contributed by atoms with van der Waals surface area (Å²) in [5.41, 5.74) is -7.90. The van der Waals surface area contributed by atoms with Gasteiger partial charge in [-0.15, -0.1) is 0 Å². The molecule has 0 saturated carbocycles. The summed E-state index contributed by atoms with van der Waals surface area (Å²) < 4.78 is 93.7. The minimum absolute atomic E-state index is 0.155. The summed E-state index contributed by atoms with van der Waals surface area (Å²) in [6.07, 6.45) is -12.3. The van der Waals surface area contributed by atoms with Crippen LogP contribution in [-0.4, -0.2) is 23.4 Å². The van der Waals surface area contributed by atoms with Crippen molar-refractivity contribution in [1.29, 1.82) is 0 Å². The molecule has 3 nitrogen and oxygen atoms in total. The Hall–Kier alpha value is -3.14. The Morgan fingerprint density at radius 2 is 1.37 bits per heavy atom. The number of benzene rings is 3. The highest BCUT2D eigenvalue weighted by Gasteiger charge is 2.72. The number of halogens is 7. The first-order chi connectivity index (χ1) is 13.9. The van der Waals surface area contributed by atoms with Crippen LogP contribution in [0.2, 0.25) is 0 Å². The lowest BCUT2D eigenvalue weighted by molar-refractivity contribution is -0.375. The quantitative estimate of drug-likeness (QED) is 0.535. The molecular formula is C20H12F7NO2. The van der Waals surface area contributed by atoms with Crippen molar-refractivity contribution in [2.75, 3.05) is 5.32 Å². The van der Waals surface area contributed by atoms with Crippen LogP contribution in [0.1, 0.15) is 15.9 Å². The molecule has 0 aliphatic carbocycles. The van der Waals surface area contributed by atoms with Crippen molar-refractivity contribution in [3.05, 3.63) is 77.6 Å². The van der Waals surface area contributed by atoms with E-state index in [2.05, 4.69) is 0 Å². The molecule has 10 heteroatoms. The molecule has 0 fully saturated rings. The van der Waals surface area contributed by atoms with Gasteiger partial charge >= 0.3 is 12.4 Å². The van der Waals surface area contributed by atoms with E-state index in [0.717, 1.165) is 30.3 Å². The standard InChI is InChI=1S/C20H12F7NO2/c21-13-8-5-12(6-9-13)17(29)28-16-14-4-2-1-3-11(14)7-10-15(16)18(30,19(22,23)24)20(25,26)27/h1-10,30H,(H,28,29). The molecule has 0 radical (unpaired) electrons. The van der Waals surface area contributed by atoms with Crippen molar-refractivity contribution in [2.24, 2.45) is 0 Å². The topological polar surface area (TPSA) is 49.3 Å². The van der Waals surface area contributed by atoms with E-state index < -0.39 is 40.9 Å². The third-order valence-electron chi connectivity index (χ3n) is 4.48. The van der Waals surface area contributed by atoms with E-state index in [9.17, 15) is 40.6 Å². The van der Waals surface area contributed by atoms with Crippen molar-refractivity contribution >= 4 is 22.4 Å². The molecule has 3 aromatic carbocycles. The van der Waals surface area contributed by atoms with Gasteiger partial charge < -0.3 is 10.4 Å². The molecule has 0 aliphatic heterocycles. The van der Waals surface area contributed by atoms with Gasteiger partial charge in [0, 0.05) is 16.5 Å². The Morgan fingerprint density at radius 1 is 0.800 bits per heavy atom. The first-order valence-corrected chi connectivity index (χ1v) is 8.31. The van der Waals surface area contributed by atoms with Gasteiger partial charge in [0.1, 0.15) is 5.82 Å². The van der Waals surface area contributed by atoms with Crippen LogP contribution in [0.4, 0.5) is 36.4 Å². The van der Waals surface area contributed by atoms with E-state index in [-0.39, 0.29) is 16.3 Å². The molecule has 0 saturated heterocycles. The lowest BCUT2D eigenvalue weighted by atomic mass is 9.88. The highest BCUT2D eigenvalue weighted by molar-refractivity contribution is 6.10.